The smallest absolute Gasteiger partial charge is 0.301 e. The van der Waals surface area contributed by atoms with Crippen LogP contribution in [0, 0.1) is 5.82 Å². The van der Waals surface area contributed by atoms with Gasteiger partial charge >= 0.3 is 5.91 Å². The Morgan fingerprint density at radius 2 is 1.83 bits per heavy atom. The number of benzene rings is 3. The molecule has 36 heavy (non-hydrogen) atoms. The number of ether oxygens (including phenoxy) is 1. The van der Waals surface area contributed by atoms with Crippen LogP contribution in [0.5, 0.6) is 5.75 Å². The van der Waals surface area contributed by atoms with Gasteiger partial charge in [0.15, 0.2) is 5.13 Å². The molecule has 1 unspecified atom stereocenters. The molecule has 0 aliphatic carbocycles. The standard InChI is InChI=1S/C27H20ClFN2O4S/c1-2-13-35-19-10-5-15(6-11-19)23-22(24(32)16-3-8-18(29)9-4-16)25(33)26(34)31(23)27-30-20-12-7-17(28)14-21(20)36-27/h3-12,14,23,32H,2,13H2,1H3/b24-22+. The van der Waals surface area contributed by atoms with Crippen LogP contribution < -0.4 is 9.64 Å². The molecule has 0 radical (unpaired) electrons. The predicted molar refractivity (Wildman–Crippen MR) is 138 cm³/mol. The Hall–Kier alpha value is -3.75. The van der Waals surface area contributed by atoms with E-state index in [4.69, 9.17) is 16.3 Å². The van der Waals surface area contributed by atoms with Crippen LogP contribution in [0.4, 0.5) is 9.52 Å². The zero-order valence-corrected chi connectivity index (χ0v) is 20.6. The lowest BCUT2D eigenvalue weighted by Gasteiger charge is -2.23. The molecule has 1 atom stereocenters. The lowest BCUT2D eigenvalue weighted by molar-refractivity contribution is -0.132. The Balaban J connectivity index is 1.67. The number of anilines is 1. The maximum Gasteiger partial charge on any atom is 0.301 e. The zero-order chi connectivity index (χ0) is 25.4. The first kappa shape index (κ1) is 24.0. The van der Waals surface area contributed by atoms with Gasteiger partial charge in [-0.1, -0.05) is 42.0 Å². The summed E-state index contributed by atoms with van der Waals surface area (Å²) in [5, 5.41) is 12.0. The highest BCUT2D eigenvalue weighted by atomic mass is 35.5. The van der Waals surface area contributed by atoms with Crippen molar-refractivity contribution in [2.45, 2.75) is 19.4 Å². The number of hydrogen-bond donors (Lipinski definition) is 1. The van der Waals surface area contributed by atoms with Crippen molar-refractivity contribution in [2.24, 2.45) is 0 Å². The van der Waals surface area contributed by atoms with E-state index in [0.29, 0.717) is 33.6 Å². The van der Waals surface area contributed by atoms with Gasteiger partial charge in [-0.2, -0.15) is 0 Å². The third kappa shape index (κ3) is 4.34. The SMILES string of the molecule is CCCOc1ccc(C2/C(=C(\O)c3ccc(F)cc3)C(=O)C(=O)N2c2nc3ccc(Cl)cc3s2)cc1. The van der Waals surface area contributed by atoms with E-state index in [0.717, 1.165) is 11.1 Å². The topological polar surface area (TPSA) is 79.7 Å². The second kappa shape index (κ2) is 9.72. The van der Waals surface area contributed by atoms with Crippen LogP contribution >= 0.6 is 22.9 Å². The Morgan fingerprint density at radius 1 is 1.11 bits per heavy atom. The number of ketones is 1. The van der Waals surface area contributed by atoms with E-state index < -0.39 is 29.3 Å². The van der Waals surface area contributed by atoms with Crippen LogP contribution in [0.3, 0.4) is 0 Å². The van der Waals surface area contributed by atoms with E-state index in [1.54, 1.807) is 42.5 Å². The average molecular weight is 523 g/mol. The summed E-state index contributed by atoms with van der Waals surface area (Å²) in [5.74, 6) is -1.91. The van der Waals surface area contributed by atoms with Gasteiger partial charge in [-0.25, -0.2) is 9.37 Å². The first-order chi connectivity index (χ1) is 17.4. The summed E-state index contributed by atoms with van der Waals surface area (Å²) < 4.78 is 19.9. The lowest BCUT2D eigenvalue weighted by atomic mass is 9.95. The maximum atomic E-state index is 13.5. The van der Waals surface area contributed by atoms with Gasteiger partial charge in [-0.15, -0.1) is 0 Å². The number of aromatic nitrogens is 1. The number of Topliss-reactive ketones (excluding diaryl/α,β-unsaturated/α-hetero) is 1. The van der Waals surface area contributed by atoms with Gasteiger partial charge in [0.1, 0.15) is 17.3 Å². The van der Waals surface area contributed by atoms with Crippen LogP contribution in [0.25, 0.3) is 16.0 Å². The van der Waals surface area contributed by atoms with Gasteiger partial charge in [0.05, 0.1) is 28.4 Å². The molecule has 1 aliphatic rings. The number of carbonyl (C=O) groups excluding carboxylic acids is 2. The van der Waals surface area contributed by atoms with E-state index in [9.17, 15) is 19.1 Å². The number of hydrogen-bond acceptors (Lipinski definition) is 6. The number of halogens is 2. The molecule has 0 spiro atoms. The van der Waals surface area contributed by atoms with Crippen molar-refractivity contribution in [3.63, 3.8) is 0 Å². The van der Waals surface area contributed by atoms with Crippen LogP contribution in [-0.2, 0) is 9.59 Å². The fourth-order valence-corrected chi connectivity index (χ4v) is 5.33. The quantitative estimate of drug-likeness (QED) is 0.177. The number of fused-ring (bicyclic) bond motifs is 1. The highest BCUT2D eigenvalue weighted by molar-refractivity contribution is 7.22. The Kier molecular flexibility index (Phi) is 6.47. The van der Waals surface area contributed by atoms with Gasteiger partial charge in [0.2, 0.25) is 0 Å². The summed E-state index contributed by atoms with van der Waals surface area (Å²) in [6.45, 7) is 2.55. The minimum atomic E-state index is -0.952. The Morgan fingerprint density at radius 3 is 2.53 bits per heavy atom. The number of nitrogens with zero attached hydrogens (tertiary/aromatic N) is 2. The second-order valence-corrected chi connectivity index (χ2v) is 9.65. The average Bonchev–Trinajstić information content (AvgIpc) is 3.40. The van der Waals surface area contributed by atoms with Crippen LogP contribution in [-0.4, -0.2) is 28.4 Å². The third-order valence-electron chi connectivity index (χ3n) is 5.78. The van der Waals surface area contributed by atoms with Crippen molar-refractivity contribution in [3.8, 4) is 5.75 Å². The number of rotatable bonds is 6. The molecule has 182 valence electrons. The molecule has 1 saturated heterocycles. The fourth-order valence-electron chi connectivity index (χ4n) is 4.06. The minimum absolute atomic E-state index is 0.105. The van der Waals surface area contributed by atoms with E-state index >= 15 is 0 Å². The van der Waals surface area contributed by atoms with Crippen LogP contribution in [0.15, 0.2) is 72.3 Å². The lowest BCUT2D eigenvalue weighted by Crippen LogP contribution is -2.29. The molecule has 1 N–H and O–H groups in total. The molecular formula is C27H20ClFN2O4S. The second-order valence-electron chi connectivity index (χ2n) is 8.20. The normalized spacial score (nSPS) is 17.2. The number of carbonyl (C=O) groups is 2. The van der Waals surface area contributed by atoms with Gasteiger partial charge < -0.3 is 9.84 Å². The maximum absolute atomic E-state index is 13.5. The van der Waals surface area contributed by atoms with Crippen molar-refractivity contribution in [2.75, 3.05) is 11.5 Å². The van der Waals surface area contributed by atoms with Crippen molar-refractivity contribution >= 4 is 55.7 Å². The van der Waals surface area contributed by atoms with Gasteiger partial charge in [0, 0.05) is 10.6 Å². The molecule has 1 aliphatic heterocycles. The van der Waals surface area contributed by atoms with Crippen molar-refractivity contribution in [3.05, 3.63) is 94.3 Å². The molecule has 4 aromatic rings. The Labute approximate surface area is 215 Å². The van der Waals surface area contributed by atoms with Gasteiger partial charge in [0.25, 0.3) is 5.78 Å². The summed E-state index contributed by atoms with van der Waals surface area (Å²) in [6.07, 6.45) is 0.848. The number of aliphatic hydroxyl groups is 1. The highest BCUT2D eigenvalue weighted by Gasteiger charge is 2.48. The molecule has 2 heterocycles. The summed E-state index contributed by atoms with van der Waals surface area (Å²) in [5.41, 5.74) is 1.32. The van der Waals surface area contributed by atoms with Gasteiger partial charge in [-0.3, -0.25) is 14.5 Å². The molecule has 1 fully saturated rings. The molecule has 9 heteroatoms. The fraction of sp³-hybridized carbons (Fsp3) is 0.148. The van der Waals surface area contributed by atoms with E-state index in [-0.39, 0.29) is 11.1 Å². The number of aliphatic hydroxyl groups excluding tert-OH is 1. The summed E-state index contributed by atoms with van der Waals surface area (Å²) >= 11 is 7.34. The molecular weight excluding hydrogens is 503 g/mol. The molecule has 3 aromatic carbocycles. The Bertz CT molecular complexity index is 1500. The highest BCUT2D eigenvalue weighted by Crippen LogP contribution is 2.44. The summed E-state index contributed by atoms with van der Waals surface area (Å²) in [7, 11) is 0. The third-order valence-corrected chi connectivity index (χ3v) is 7.03. The monoisotopic (exact) mass is 522 g/mol. The van der Waals surface area contributed by atoms with Gasteiger partial charge in [-0.05, 0) is 66.6 Å². The van der Waals surface area contributed by atoms with Crippen molar-refractivity contribution in [1.82, 2.24) is 4.98 Å². The number of thiazole rings is 1. The molecule has 1 aromatic heterocycles. The van der Waals surface area contributed by atoms with Crippen molar-refractivity contribution in [1.29, 1.82) is 0 Å². The predicted octanol–water partition coefficient (Wildman–Crippen LogP) is 6.50. The zero-order valence-electron chi connectivity index (χ0n) is 19.1. The van der Waals surface area contributed by atoms with Crippen LogP contribution in [0.1, 0.15) is 30.5 Å². The molecule has 5 rings (SSSR count). The molecule has 0 saturated carbocycles. The summed E-state index contributed by atoms with van der Waals surface area (Å²) in [4.78, 5) is 32.5. The first-order valence-electron chi connectivity index (χ1n) is 11.2. The largest absolute Gasteiger partial charge is 0.507 e. The van der Waals surface area contributed by atoms with E-state index in [1.165, 1.54) is 40.5 Å². The van der Waals surface area contributed by atoms with Crippen LogP contribution in [0.2, 0.25) is 5.02 Å². The van der Waals surface area contributed by atoms with E-state index in [2.05, 4.69) is 4.98 Å². The summed E-state index contributed by atoms with van der Waals surface area (Å²) in [6, 6.07) is 16.3. The molecule has 6 nitrogen and oxygen atoms in total. The molecule has 1 amide bonds. The van der Waals surface area contributed by atoms with E-state index in [1.807, 2.05) is 6.92 Å². The minimum Gasteiger partial charge on any atom is -0.507 e. The number of amides is 1. The van der Waals surface area contributed by atoms with Crippen molar-refractivity contribution < 1.29 is 23.8 Å². The first-order valence-corrected chi connectivity index (χ1v) is 12.4. The molecule has 0 bridgehead atoms.